The van der Waals surface area contributed by atoms with Crippen molar-refractivity contribution in [3.63, 3.8) is 0 Å². The number of amides is 1. The van der Waals surface area contributed by atoms with E-state index in [1.165, 1.54) is 6.42 Å². The van der Waals surface area contributed by atoms with Crippen molar-refractivity contribution in [2.45, 2.75) is 57.2 Å². The zero-order valence-corrected chi connectivity index (χ0v) is 12.4. The van der Waals surface area contributed by atoms with Gasteiger partial charge in [0.2, 0.25) is 5.91 Å². The van der Waals surface area contributed by atoms with E-state index in [0.717, 1.165) is 32.2 Å². The standard InChI is InChI=1S/C13H26N2O2S/c1-3-8-15-11-6-5-7-12(9-11)18(17)10-13(16)14-4-2/h11-12,15H,3-10H2,1-2H3,(H,14,16). The monoisotopic (exact) mass is 274 g/mol. The number of carbonyl (C=O) groups excluding carboxylic acids is 1. The van der Waals surface area contributed by atoms with Gasteiger partial charge in [-0.15, -0.1) is 0 Å². The molecule has 0 aromatic rings. The van der Waals surface area contributed by atoms with Gasteiger partial charge in [-0.05, 0) is 39.2 Å². The SMILES string of the molecule is CCCNC1CCCC(S(=O)CC(=O)NCC)C1. The molecule has 1 rings (SSSR count). The van der Waals surface area contributed by atoms with E-state index in [2.05, 4.69) is 17.6 Å². The van der Waals surface area contributed by atoms with Gasteiger partial charge in [0.1, 0.15) is 5.75 Å². The summed E-state index contributed by atoms with van der Waals surface area (Å²) < 4.78 is 12.1. The lowest BCUT2D eigenvalue weighted by molar-refractivity contribution is -0.118. The van der Waals surface area contributed by atoms with Crippen molar-refractivity contribution in [2.24, 2.45) is 0 Å². The second-order valence-corrected chi connectivity index (χ2v) is 6.64. The van der Waals surface area contributed by atoms with Crippen LogP contribution >= 0.6 is 0 Å². The molecule has 1 saturated carbocycles. The van der Waals surface area contributed by atoms with Crippen LogP contribution in [0.1, 0.15) is 46.0 Å². The van der Waals surface area contributed by atoms with Gasteiger partial charge in [-0.2, -0.15) is 0 Å². The Hall–Kier alpha value is -0.420. The van der Waals surface area contributed by atoms with E-state index in [1.54, 1.807) is 0 Å². The third-order valence-electron chi connectivity index (χ3n) is 3.33. The third kappa shape index (κ3) is 5.48. The average molecular weight is 274 g/mol. The van der Waals surface area contributed by atoms with Crippen molar-refractivity contribution in [1.29, 1.82) is 0 Å². The lowest BCUT2D eigenvalue weighted by Gasteiger charge is -2.29. The maximum atomic E-state index is 12.1. The van der Waals surface area contributed by atoms with E-state index in [0.29, 0.717) is 12.6 Å². The molecule has 0 spiro atoms. The molecule has 3 unspecified atom stereocenters. The molecule has 0 heterocycles. The van der Waals surface area contributed by atoms with Gasteiger partial charge in [0.05, 0.1) is 0 Å². The summed E-state index contributed by atoms with van der Waals surface area (Å²) in [5.74, 6) is 0.0819. The van der Waals surface area contributed by atoms with Gasteiger partial charge in [0.25, 0.3) is 0 Å². The van der Waals surface area contributed by atoms with Crippen molar-refractivity contribution in [2.75, 3.05) is 18.8 Å². The Balaban J connectivity index is 2.35. The van der Waals surface area contributed by atoms with Crippen LogP contribution in [0.2, 0.25) is 0 Å². The molecule has 1 fully saturated rings. The predicted octanol–water partition coefficient (Wildman–Crippen LogP) is 1.18. The Labute approximate surface area is 113 Å². The molecule has 0 aliphatic heterocycles. The minimum Gasteiger partial charge on any atom is -0.356 e. The van der Waals surface area contributed by atoms with Crippen LogP contribution in [0.5, 0.6) is 0 Å². The largest absolute Gasteiger partial charge is 0.356 e. The quantitative estimate of drug-likeness (QED) is 0.733. The minimum atomic E-state index is -1.02. The summed E-state index contributed by atoms with van der Waals surface area (Å²) in [6.07, 6.45) is 5.37. The van der Waals surface area contributed by atoms with Gasteiger partial charge >= 0.3 is 0 Å². The first-order valence-electron chi connectivity index (χ1n) is 7.04. The first-order chi connectivity index (χ1) is 8.67. The summed E-state index contributed by atoms with van der Waals surface area (Å²) in [5.41, 5.74) is 0. The zero-order chi connectivity index (χ0) is 13.4. The van der Waals surface area contributed by atoms with Crippen molar-refractivity contribution in [1.82, 2.24) is 10.6 Å². The van der Waals surface area contributed by atoms with Crippen molar-refractivity contribution in [3.8, 4) is 0 Å². The second-order valence-electron chi connectivity index (χ2n) is 4.92. The summed E-state index contributed by atoms with van der Waals surface area (Å²) >= 11 is 0. The van der Waals surface area contributed by atoms with E-state index in [-0.39, 0.29) is 16.9 Å². The lowest BCUT2D eigenvalue weighted by Crippen LogP contribution is -2.40. The summed E-state index contributed by atoms with van der Waals surface area (Å²) in [7, 11) is -1.02. The van der Waals surface area contributed by atoms with E-state index in [4.69, 9.17) is 0 Å². The molecule has 1 aliphatic rings. The first-order valence-corrected chi connectivity index (χ1v) is 8.42. The topological polar surface area (TPSA) is 58.2 Å². The van der Waals surface area contributed by atoms with Crippen LogP contribution in [-0.2, 0) is 15.6 Å². The van der Waals surface area contributed by atoms with Crippen molar-refractivity contribution >= 4 is 16.7 Å². The molecule has 18 heavy (non-hydrogen) atoms. The average Bonchev–Trinajstić information content (AvgIpc) is 2.37. The Morgan fingerprint density at radius 1 is 1.33 bits per heavy atom. The maximum Gasteiger partial charge on any atom is 0.232 e. The number of rotatable bonds is 7. The van der Waals surface area contributed by atoms with Crippen LogP contribution in [0.25, 0.3) is 0 Å². The molecular formula is C13H26N2O2S. The molecular weight excluding hydrogens is 248 g/mol. The second kappa shape index (κ2) is 8.64. The Morgan fingerprint density at radius 2 is 2.11 bits per heavy atom. The molecule has 0 bridgehead atoms. The van der Waals surface area contributed by atoms with Crippen LogP contribution < -0.4 is 10.6 Å². The van der Waals surface area contributed by atoms with Gasteiger partial charge in [0, 0.05) is 28.6 Å². The number of hydrogen-bond donors (Lipinski definition) is 2. The van der Waals surface area contributed by atoms with E-state index < -0.39 is 10.8 Å². The number of carbonyl (C=O) groups is 1. The van der Waals surface area contributed by atoms with E-state index in [1.807, 2.05) is 6.92 Å². The predicted molar refractivity (Wildman–Crippen MR) is 76.0 cm³/mol. The van der Waals surface area contributed by atoms with Crippen LogP contribution in [0, 0.1) is 0 Å². The van der Waals surface area contributed by atoms with Crippen molar-refractivity contribution < 1.29 is 9.00 Å². The summed E-state index contributed by atoms with van der Waals surface area (Å²) in [6, 6.07) is 0.488. The first kappa shape index (κ1) is 15.6. The fraction of sp³-hybridized carbons (Fsp3) is 0.923. The number of hydrogen-bond acceptors (Lipinski definition) is 3. The summed E-state index contributed by atoms with van der Waals surface area (Å²) in [5, 5.41) is 6.40. The maximum absolute atomic E-state index is 12.1. The van der Waals surface area contributed by atoms with Crippen molar-refractivity contribution in [3.05, 3.63) is 0 Å². The molecule has 0 saturated heterocycles. The molecule has 3 atom stereocenters. The Kier molecular flexibility index (Phi) is 7.51. The Bertz CT molecular complexity index is 284. The third-order valence-corrected chi connectivity index (χ3v) is 5.05. The molecule has 4 nitrogen and oxygen atoms in total. The van der Waals surface area contributed by atoms with Gasteiger partial charge in [-0.3, -0.25) is 9.00 Å². The van der Waals surface area contributed by atoms with Gasteiger partial charge in [-0.1, -0.05) is 13.3 Å². The number of nitrogens with one attached hydrogen (secondary N) is 2. The molecule has 1 amide bonds. The molecule has 0 aromatic heterocycles. The highest BCUT2D eigenvalue weighted by molar-refractivity contribution is 7.86. The summed E-state index contributed by atoms with van der Waals surface area (Å²) in [6.45, 7) is 5.67. The molecule has 106 valence electrons. The van der Waals surface area contributed by atoms with Gasteiger partial charge in [0.15, 0.2) is 0 Å². The highest BCUT2D eigenvalue weighted by Gasteiger charge is 2.26. The molecule has 1 aliphatic carbocycles. The highest BCUT2D eigenvalue weighted by atomic mass is 32.2. The highest BCUT2D eigenvalue weighted by Crippen LogP contribution is 2.23. The normalized spacial score (nSPS) is 25.7. The zero-order valence-electron chi connectivity index (χ0n) is 11.5. The molecule has 0 radical (unpaired) electrons. The van der Waals surface area contributed by atoms with Crippen LogP contribution in [0.3, 0.4) is 0 Å². The Morgan fingerprint density at radius 3 is 2.78 bits per heavy atom. The molecule has 0 aromatic carbocycles. The van der Waals surface area contributed by atoms with Gasteiger partial charge in [-0.25, -0.2) is 0 Å². The molecule has 2 N–H and O–H groups in total. The van der Waals surface area contributed by atoms with Crippen LogP contribution in [0.4, 0.5) is 0 Å². The lowest BCUT2D eigenvalue weighted by atomic mass is 9.95. The smallest absolute Gasteiger partial charge is 0.232 e. The fourth-order valence-electron chi connectivity index (χ4n) is 2.41. The minimum absolute atomic E-state index is 0.0838. The van der Waals surface area contributed by atoms with Gasteiger partial charge < -0.3 is 10.6 Å². The van der Waals surface area contributed by atoms with Crippen LogP contribution in [0.15, 0.2) is 0 Å². The van der Waals surface area contributed by atoms with Crippen LogP contribution in [-0.4, -0.2) is 40.3 Å². The fourth-order valence-corrected chi connectivity index (χ4v) is 3.89. The van der Waals surface area contributed by atoms with E-state index >= 15 is 0 Å². The summed E-state index contributed by atoms with van der Waals surface area (Å²) in [4.78, 5) is 11.4. The van der Waals surface area contributed by atoms with E-state index in [9.17, 15) is 9.00 Å². The molecule has 5 heteroatoms.